The van der Waals surface area contributed by atoms with Crippen LogP contribution in [0.25, 0.3) is 0 Å². The normalized spacial score (nSPS) is 8.73. The van der Waals surface area contributed by atoms with E-state index in [9.17, 15) is 0 Å². The van der Waals surface area contributed by atoms with Gasteiger partial charge in [0.05, 0.1) is 0 Å². The quantitative estimate of drug-likeness (QED) is 0.558. The summed E-state index contributed by atoms with van der Waals surface area (Å²) in [4.78, 5) is 0. The highest BCUT2D eigenvalue weighted by molar-refractivity contribution is 4.32. The SMILES string of the molecule is CCCC.CCCCCOC. The van der Waals surface area contributed by atoms with Crippen LogP contribution >= 0.6 is 0 Å². The molecule has 0 heterocycles. The molecule has 11 heavy (non-hydrogen) atoms. The fraction of sp³-hybridized carbons (Fsp3) is 1.00. The van der Waals surface area contributed by atoms with Gasteiger partial charge >= 0.3 is 0 Å². The summed E-state index contributed by atoms with van der Waals surface area (Å²) in [7, 11) is 1.75. The summed E-state index contributed by atoms with van der Waals surface area (Å²) in [6.45, 7) is 7.48. The van der Waals surface area contributed by atoms with Gasteiger partial charge in [0.2, 0.25) is 0 Å². The van der Waals surface area contributed by atoms with Crippen molar-refractivity contribution in [3.05, 3.63) is 0 Å². The molecule has 0 amide bonds. The lowest BCUT2D eigenvalue weighted by molar-refractivity contribution is 0.192. The molecule has 1 heteroatoms. The highest BCUT2D eigenvalue weighted by Gasteiger charge is 1.79. The van der Waals surface area contributed by atoms with E-state index in [1.165, 1.54) is 32.1 Å². The Balaban J connectivity index is 0. The van der Waals surface area contributed by atoms with Crippen LogP contribution in [0, 0.1) is 0 Å². The largest absolute Gasteiger partial charge is 0.385 e. The van der Waals surface area contributed by atoms with Crippen LogP contribution in [0.4, 0.5) is 0 Å². The summed E-state index contributed by atoms with van der Waals surface area (Å²) in [5.41, 5.74) is 0. The summed E-state index contributed by atoms with van der Waals surface area (Å²) in [6, 6.07) is 0. The second-order valence-electron chi connectivity index (χ2n) is 2.70. The van der Waals surface area contributed by atoms with E-state index in [0.29, 0.717) is 0 Å². The molecule has 0 aliphatic heterocycles. The number of methoxy groups -OCH3 is 1. The first kappa shape index (κ1) is 13.5. The van der Waals surface area contributed by atoms with E-state index < -0.39 is 0 Å². The molecule has 0 N–H and O–H groups in total. The number of unbranched alkanes of at least 4 members (excludes halogenated alkanes) is 3. The van der Waals surface area contributed by atoms with Crippen LogP contribution in [0.5, 0.6) is 0 Å². The Morgan fingerprint density at radius 3 is 1.64 bits per heavy atom. The van der Waals surface area contributed by atoms with Crippen LogP contribution in [0.3, 0.4) is 0 Å². The van der Waals surface area contributed by atoms with Gasteiger partial charge in [-0.2, -0.15) is 0 Å². The molecule has 0 aromatic rings. The zero-order chi connectivity index (χ0) is 8.95. The predicted octanol–water partition coefficient (Wildman–Crippen LogP) is 3.63. The van der Waals surface area contributed by atoms with Crippen molar-refractivity contribution in [2.45, 2.75) is 52.9 Å². The van der Waals surface area contributed by atoms with E-state index in [2.05, 4.69) is 20.8 Å². The average Bonchev–Trinajstić information content (AvgIpc) is 2.06. The summed E-state index contributed by atoms with van der Waals surface area (Å²) in [6.07, 6.45) is 6.43. The molecule has 0 aliphatic rings. The molecular formula is C10H24O. The van der Waals surface area contributed by atoms with Gasteiger partial charge in [0.15, 0.2) is 0 Å². The van der Waals surface area contributed by atoms with Crippen LogP contribution in [0.1, 0.15) is 52.9 Å². The van der Waals surface area contributed by atoms with Crippen molar-refractivity contribution in [3.8, 4) is 0 Å². The molecule has 0 rings (SSSR count). The first-order valence-corrected chi connectivity index (χ1v) is 4.82. The van der Waals surface area contributed by atoms with Crippen LogP contribution in [0.15, 0.2) is 0 Å². The van der Waals surface area contributed by atoms with Gasteiger partial charge in [0, 0.05) is 13.7 Å². The van der Waals surface area contributed by atoms with Gasteiger partial charge in [-0.25, -0.2) is 0 Å². The molecule has 70 valence electrons. The molecule has 0 atom stereocenters. The second kappa shape index (κ2) is 16.5. The molecule has 0 aliphatic carbocycles. The lowest BCUT2D eigenvalue weighted by Gasteiger charge is -1.92. The van der Waals surface area contributed by atoms with Crippen molar-refractivity contribution in [2.75, 3.05) is 13.7 Å². The lowest BCUT2D eigenvalue weighted by atomic mass is 10.3. The maximum atomic E-state index is 4.84. The molecular weight excluding hydrogens is 136 g/mol. The fourth-order valence-corrected chi connectivity index (χ4v) is 0.496. The first-order valence-electron chi connectivity index (χ1n) is 4.82. The molecule has 1 nitrogen and oxygen atoms in total. The zero-order valence-corrected chi connectivity index (χ0v) is 8.65. The Morgan fingerprint density at radius 1 is 0.818 bits per heavy atom. The smallest absolute Gasteiger partial charge is 0.0462 e. The maximum absolute atomic E-state index is 4.84. The topological polar surface area (TPSA) is 9.23 Å². The van der Waals surface area contributed by atoms with E-state index in [0.717, 1.165) is 6.61 Å². The Bertz CT molecular complexity index is 38.1. The van der Waals surface area contributed by atoms with Gasteiger partial charge in [-0.3, -0.25) is 0 Å². The van der Waals surface area contributed by atoms with E-state index in [1.54, 1.807) is 7.11 Å². The Hall–Kier alpha value is -0.0400. The summed E-state index contributed by atoms with van der Waals surface area (Å²) in [5.74, 6) is 0. The van der Waals surface area contributed by atoms with E-state index in [-0.39, 0.29) is 0 Å². The minimum Gasteiger partial charge on any atom is -0.385 e. The van der Waals surface area contributed by atoms with Gasteiger partial charge < -0.3 is 4.74 Å². The van der Waals surface area contributed by atoms with Crippen LogP contribution in [-0.4, -0.2) is 13.7 Å². The molecule has 0 unspecified atom stereocenters. The van der Waals surface area contributed by atoms with Crippen LogP contribution in [-0.2, 0) is 4.74 Å². The fourth-order valence-electron chi connectivity index (χ4n) is 0.496. The van der Waals surface area contributed by atoms with Crippen molar-refractivity contribution in [2.24, 2.45) is 0 Å². The Morgan fingerprint density at radius 2 is 1.36 bits per heavy atom. The first-order chi connectivity index (χ1) is 5.33. The monoisotopic (exact) mass is 160 g/mol. The molecule has 0 spiro atoms. The Labute approximate surface area is 72.1 Å². The van der Waals surface area contributed by atoms with Gasteiger partial charge in [-0.15, -0.1) is 0 Å². The van der Waals surface area contributed by atoms with E-state index in [4.69, 9.17) is 4.74 Å². The number of ether oxygens (including phenoxy) is 1. The standard InChI is InChI=1S/C6H14O.C4H10/c1-3-4-5-6-7-2;1-3-4-2/h3-6H2,1-2H3;3-4H2,1-2H3. The third-order valence-electron chi connectivity index (χ3n) is 1.45. The molecule has 0 aromatic heterocycles. The minimum atomic E-state index is 0.924. The highest BCUT2D eigenvalue weighted by atomic mass is 16.5. The summed E-state index contributed by atoms with van der Waals surface area (Å²) >= 11 is 0. The third kappa shape index (κ3) is 25.7. The molecule has 0 bridgehead atoms. The van der Waals surface area contributed by atoms with Crippen LogP contribution < -0.4 is 0 Å². The summed E-state index contributed by atoms with van der Waals surface area (Å²) < 4.78 is 4.84. The van der Waals surface area contributed by atoms with E-state index >= 15 is 0 Å². The summed E-state index contributed by atoms with van der Waals surface area (Å²) in [5, 5.41) is 0. The molecule has 0 saturated carbocycles. The highest BCUT2D eigenvalue weighted by Crippen LogP contribution is 1.91. The number of hydrogen-bond acceptors (Lipinski definition) is 1. The second-order valence-corrected chi connectivity index (χ2v) is 2.70. The number of rotatable bonds is 5. The zero-order valence-electron chi connectivity index (χ0n) is 8.65. The van der Waals surface area contributed by atoms with Gasteiger partial charge in [-0.1, -0.05) is 46.5 Å². The van der Waals surface area contributed by atoms with E-state index in [1.807, 2.05) is 0 Å². The minimum absolute atomic E-state index is 0.924. The number of hydrogen-bond donors (Lipinski definition) is 0. The average molecular weight is 160 g/mol. The van der Waals surface area contributed by atoms with Crippen molar-refractivity contribution in [1.82, 2.24) is 0 Å². The molecule has 0 fully saturated rings. The van der Waals surface area contributed by atoms with Crippen molar-refractivity contribution in [1.29, 1.82) is 0 Å². The molecule has 0 saturated heterocycles. The van der Waals surface area contributed by atoms with Gasteiger partial charge in [0.1, 0.15) is 0 Å². The van der Waals surface area contributed by atoms with Gasteiger partial charge in [0.25, 0.3) is 0 Å². The molecule has 0 radical (unpaired) electrons. The van der Waals surface area contributed by atoms with Gasteiger partial charge in [-0.05, 0) is 6.42 Å². The van der Waals surface area contributed by atoms with Crippen molar-refractivity contribution >= 4 is 0 Å². The third-order valence-corrected chi connectivity index (χ3v) is 1.45. The maximum Gasteiger partial charge on any atom is 0.0462 e. The predicted molar refractivity (Wildman–Crippen MR) is 52.0 cm³/mol. The van der Waals surface area contributed by atoms with Crippen molar-refractivity contribution in [3.63, 3.8) is 0 Å². The Kier molecular flexibility index (Phi) is 20.3. The lowest BCUT2D eigenvalue weighted by Crippen LogP contribution is -1.85. The van der Waals surface area contributed by atoms with Crippen molar-refractivity contribution < 1.29 is 4.74 Å². The molecule has 0 aromatic carbocycles. The van der Waals surface area contributed by atoms with Crippen LogP contribution in [0.2, 0.25) is 0 Å².